The van der Waals surface area contributed by atoms with Crippen LogP contribution in [0.2, 0.25) is 0 Å². The average Bonchev–Trinajstić information content (AvgIpc) is 2.64. The van der Waals surface area contributed by atoms with Crippen molar-refractivity contribution < 1.29 is 9.31 Å². The van der Waals surface area contributed by atoms with Gasteiger partial charge in [-0.25, -0.2) is 0 Å². The Hall–Kier alpha value is -0.0551. The summed E-state index contributed by atoms with van der Waals surface area (Å²) in [6, 6.07) is 0. The first kappa shape index (κ1) is 13.9. The molecule has 0 aromatic heterocycles. The van der Waals surface area contributed by atoms with Crippen LogP contribution in [-0.4, -0.2) is 24.8 Å². The maximum absolute atomic E-state index is 6.35. The molecule has 3 aliphatic carbocycles. The lowest BCUT2D eigenvalue weighted by Crippen LogP contribution is -2.65. The van der Waals surface area contributed by atoms with Crippen LogP contribution in [0.1, 0.15) is 53.9 Å². The first-order chi connectivity index (χ1) is 8.75. The summed E-state index contributed by atoms with van der Waals surface area (Å²) in [5, 5.41) is 0. The molecule has 2 bridgehead atoms. The van der Waals surface area contributed by atoms with Crippen LogP contribution in [0.5, 0.6) is 0 Å². The Bertz CT molecular complexity index is 373. The van der Waals surface area contributed by atoms with Gasteiger partial charge >= 0.3 is 7.12 Å². The SMILES string of the molecule is CC(C)C[C@H](N)B1O[C@@H]2C[C@H]3CC(C3(C)C)[C@]2(C)O1. The highest BCUT2D eigenvalue weighted by Gasteiger charge is 2.68. The summed E-state index contributed by atoms with van der Waals surface area (Å²) < 4.78 is 12.5. The lowest BCUT2D eigenvalue weighted by molar-refractivity contribution is -0.199. The van der Waals surface area contributed by atoms with Gasteiger partial charge in [0.15, 0.2) is 0 Å². The van der Waals surface area contributed by atoms with Crippen LogP contribution in [0, 0.1) is 23.2 Å². The molecular formula is C15H28BNO2. The number of hydrogen-bond donors (Lipinski definition) is 1. The third-order valence-electron chi connectivity index (χ3n) is 6.06. The molecule has 3 saturated carbocycles. The number of hydrogen-bond acceptors (Lipinski definition) is 3. The van der Waals surface area contributed by atoms with Crippen molar-refractivity contribution in [2.75, 3.05) is 0 Å². The molecule has 1 aliphatic heterocycles. The van der Waals surface area contributed by atoms with E-state index in [0.717, 1.165) is 18.8 Å². The lowest BCUT2D eigenvalue weighted by atomic mass is 9.43. The predicted octanol–water partition coefficient (Wildman–Crippen LogP) is 2.63. The summed E-state index contributed by atoms with van der Waals surface area (Å²) in [6.07, 6.45) is 3.67. The number of nitrogens with two attached hydrogens (primary N) is 1. The lowest BCUT2D eigenvalue weighted by Gasteiger charge is -2.64. The Labute approximate surface area is 117 Å². The highest BCUT2D eigenvalue weighted by molar-refractivity contribution is 6.47. The van der Waals surface area contributed by atoms with E-state index in [-0.39, 0.29) is 24.8 Å². The van der Waals surface area contributed by atoms with E-state index in [2.05, 4.69) is 34.6 Å². The molecule has 4 heteroatoms. The average molecular weight is 265 g/mol. The van der Waals surface area contributed by atoms with Crippen molar-refractivity contribution in [1.29, 1.82) is 0 Å². The third-order valence-corrected chi connectivity index (χ3v) is 6.06. The molecule has 19 heavy (non-hydrogen) atoms. The van der Waals surface area contributed by atoms with Gasteiger partial charge in [-0.15, -0.1) is 0 Å². The molecule has 2 N–H and O–H groups in total. The summed E-state index contributed by atoms with van der Waals surface area (Å²) in [7, 11) is -0.201. The summed E-state index contributed by atoms with van der Waals surface area (Å²) in [6.45, 7) is 11.4. The molecule has 0 aromatic carbocycles. The van der Waals surface area contributed by atoms with Crippen molar-refractivity contribution in [1.82, 2.24) is 0 Å². The van der Waals surface area contributed by atoms with Crippen molar-refractivity contribution in [3.05, 3.63) is 0 Å². The van der Waals surface area contributed by atoms with Gasteiger partial charge in [-0.2, -0.15) is 0 Å². The summed E-state index contributed by atoms with van der Waals surface area (Å²) in [5.74, 6) is 2.02. The molecule has 108 valence electrons. The molecule has 0 spiro atoms. The fraction of sp³-hybridized carbons (Fsp3) is 1.00. The highest BCUT2D eigenvalue weighted by atomic mass is 16.7. The van der Waals surface area contributed by atoms with Crippen molar-refractivity contribution >= 4 is 7.12 Å². The Morgan fingerprint density at radius 3 is 2.53 bits per heavy atom. The van der Waals surface area contributed by atoms with E-state index < -0.39 is 0 Å². The molecule has 1 unspecified atom stereocenters. The van der Waals surface area contributed by atoms with Gasteiger partial charge < -0.3 is 15.0 Å². The van der Waals surface area contributed by atoms with Crippen LogP contribution in [0.25, 0.3) is 0 Å². The molecule has 4 fully saturated rings. The Morgan fingerprint density at radius 2 is 1.95 bits per heavy atom. The van der Waals surface area contributed by atoms with E-state index in [4.69, 9.17) is 15.0 Å². The molecule has 0 radical (unpaired) electrons. The minimum Gasteiger partial charge on any atom is -0.404 e. The van der Waals surface area contributed by atoms with E-state index in [1.54, 1.807) is 0 Å². The van der Waals surface area contributed by atoms with Gasteiger partial charge in [0.25, 0.3) is 0 Å². The van der Waals surface area contributed by atoms with Crippen molar-refractivity contribution in [2.24, 2.45) is 28.9 Å². The second-order valence-corrected chi connectivity index (χ2v) is 8.13. The maximum Gasteiger partial charge on any atom is 0.475 e. The summed E-state index contributed by atoms with van der Waals surface area (Å²) >= 11 is 0. The van der Waals surface area contributed by atoms with E-state index in [9.17, 15) is 0 Å². The van der Waals surface area contributed by atoms with Crippen LogP contribution in [-0.2, 0) is 9.31 Å². The molecule has 0 amide bonds. The molecule has 0 aromatic rings. The van der Waals surface area contributed by atoms with Crippen LogP contribution >= 0.6 is 0 Å². The minimum absolute atomic E-state index is 0.00253. The first-order valence-corrected chi connectivity index (χ1v) is 7.84. The van der Waals surface area contributed by atoms with Crippen LogP contribution in [0.15, 0.2) is 0 Å². The minimum atomic E-state index is -0.201. The second-order valence-electron chi connectivity index (χ2n) is 8.13. The van der Waals surface area contributed by atoms with Crippen LogP contribution < -0.4 is 5.73 Å². The molecule has 4 rings (SSSR count). The fourth-order valence-corrected chi connectivity index (χ4v) is 4.74. The fourth-order valence-electron chi connectivity index (χ4n) is 4.74. The standard InChI is InChI=1S/C15H28BNO2/c1-9(2)6-13(17)16-18-12-8-10-7-11(14(10,3)4)15(12,5)19-16/h9-13H,6-8,17H2,1-5H3/t10-,11?,12-,13+,15+/m1/s1. The Balaban J connectivity index is 1.74. The van der Waals surface area contributed by atoms with E-state index in [0.29, 0.717) is 17.3 Å². The highest BCUT2D eigenvalue weighted by Crippen LogP contribution is 2.65. The van der Waals surface area contributed by atoms with E-state index in [1.165, 1.54) is 6.42 Å². The van der Waals surface area contributed by atoms with Gasteiger partial charge in [0.1, 0.15) is 0 Å². The quantitative estimate of drug-likeness (QED) is 0.798. The molecule has 1 saturated heterocycles. The topological polar surface area (TPSA) is 44.5 Å². The van der Waals surface area contributed by atoms with Crippen LogP contribution in [0.3, 0.4) is 0 Å². The molecule has 4 aliphatic rings. The molecule has 1 heterocycles. The zero-order valence-corrected chi connectivity index (χ0v) is 13.0. The summed E-state index contributed by atoms with van der Waals surface area (Å²) in [4.78, 5) is 0. The molecular weight excluding hydrogens is 237 g/mol. The zero-order valence-electron chi connectivity index (χ0n) is 13.0. The largest absolute Gasteiger partial charge is 0.475 e. The second kappa shape index (κ2) is 4.22. The van der Waals surface area contributed by atoms with E-state index in [1.807, 2.05) is 0 Å². The monoisotopic (exact) mass is 265 g/mol. The molecule has 3 nitrogen and oxygen atoms in total. The predicted molar refractivity (Wildman–Crippen MR) is 77.5 cm³/mol. The zero-order chi connectivity index (χ0) is 14.0. The molecule has 5 atom stereocenters. The third kappa shape index (κ3) is 1.90. The summed E-state index contributed by atoms with van der Waals surface area (Å²) in [5.41, 5.74) is 6.56. The Morgan fingerprint density at radius 1 is 1.26 bits per heavy atom. The number of rotatable bonds is 3. The van der Waals surface area contributed by atoms with Gasteiger partial charge in [-0.3, -0.25) is 0 Å². The van der Waals surface area contributed by atoms with Gasteiger partial charge in [-0.1, -0.05) is 27.7 Å². The van der Waals surface area contributed by atoms with Crippen molar-refractivity contribution in [2.45, 2.75) is 71.5 Å². The van der Waals surface area contributed by atoms with Crippen LogP contribution in [0.4, 0.5) is 0 Å². The Kier molecular flexibility index (Phi) is 3.09. The first-order valence-electron chi connectivity index (χ1n) is 7.84. The van der Waals surface area contributed by atoms with Gasteiger partial charge in [-0.05, 0) is 49.4 Å². The van der Waals surface area contributed by atoms with Crippen molar-refractivity contribution in [3.63, 3.8) is 0 Å². The maximum atomic E-state index is 6.35. The normalized spacial score (nSPS) is 45.0. The van der Waals surface area contributed by atoms with E-state index >= 15 is 0 Å². The van der Waals surface area contributed by atoms with Gasteiger partial charge in [0, 0.05) is 5.94 Å². The van der Waals surface area contributed by atoms with Gasteiger partial charge in [0.2, 0.25) is 0 Å². The van der Waals surface area contributed by atoms with Gasteiger partial charge in [0.05, 0.1) is 11.7 Å². The van der Waals surface area contributed by atoms with Crippen molar-refractivity contribution in [3.8, 4) is 0 Å². The smallest absolute Gasteiger partial charge is 0.404 e.